The lowest BCUT2D eigenvalue weighted by Gasteiger charge is -2.11. The lowest BCUT2D eigenvalue weighted by Crippen LogP contribution is -2.17. The molecule has 1 aliphatic carbocycles. The molecule has 2 rings (SSSR count). The van der Waals surface area contributed by atoms with Crippen LogP contribution in [0.15, 0.2) is 24.3 Å². The highest BCUT2D eigenvalue weighted by Crippen LogP contribution is 2.47. The van der Waals surface area contributed by atoms with E-state index in [1.165, 1.54) is 18.4 Å². The number of hydrogen-bond donors (Lipinski definition) is 2. The molecule has 1 fully saturated rings. The molecule has 1 aromatic rings. The van der Waals surface area contributed by atoms with Crippen LogP contribution in [-0.2, 0) is 6.42 Å². The number of nitrogens with two attached hydrogens (primary N) is 1. The molecule has 1 aliphatic rings. The second-order valence-corrected chi connectivity index (χ2v) is 4.05. The van der Waals surface area contributed by atoms with E-state index in [-0.39, 0.29) is 0 Å². The van der Waals surface area contributed by atoms with Gasteiger partial charge >= 0.3 is 0 Å². The fourth-order valence-electron chi connectivity index (χ4n) is 1.68. The molecule has 0 amide bonds. The SMILES string of the molecule is NCC1(Cc2ccc(O)cc2)CC1. The third-order valence-electron chi connectivity index (χ3n) is 2.91. The van der Waals surface area contributed by atoms with Gasteiger partial charge in [0, 0.05) is 0 Å². The molecular formula is C11H15NO. The number of benzene rings is 1. The summed E-state index contributed by atoms with van der Waals surface area (Å²) in [5.41, 5.74) is 7.36. The highest BCUT2D eigenvalue weighted by atomic mass is 16.3. The Morgan fingerprint density at radius 2 is 1.85 bits per heavy atom. The smallest absolute Gasteiger partial charge is 0.115 e. The van der Waals surface area contributed by atoms with Crippen molar-refractivity contribution in [3.05, 3.63) is 29.8 Å². The van der Waals surface area contributed by atoms with E-state index in [9.17, 15) is 0 Å². The van der Waals surface area contributed by atoms with Crippen LogP contribution in [0.2, 0.25) is 0 Å². The molecule has 0 aromatic heterocycles. The monoisotopic (exact) mass is 177 g/mol. The minimum Gasteiger partial charge on any atom is -0.508 e. The van der Waals surface area contributed by atoms with Crippen molar-refractivity contribution in [2.75, 3.05) is 6.54 Å². The number of phenols is 1. The quantitative estimate of drug-likeness (QED) is 0.737. The highest BCUT2D eigenvalue weighted by molar-refractivity contribution is 5.27. The molecule has 0 unspecified atom stereocenters. The Bertz CT molecular complexity index is 287. The van der Waals surface area contributed by atoms with Gasteiger partial charge in [-0.3, -0.25) is 0 Å². The van der Waals surface area contributed by atoms with E-state index in [0.29, 0.717) is 11.2 Å². The first-order chi connectivity index (χ1) is 6.24. The van der Waals surface area contributed by atoms with Crippen molar-refractivity contribution >= 4 is 0 Å². The van der Waals surface area contributed by atoms with E-state index in [0.717, 1.165) is 13.0 Å². The Morgan fingerprint density at radius 3 is 2.31 bits per heavy atom. The van der Waals surface area contributed by atoms with E-state index in [2.05, 4.69) is 0 Å². The summed E-state index contributed by atoms with van der Waals surface area (Å²) in [7, 11) is 0. The van der Waals surface area contributed by atoms with Gasteiger partial charge in [0.1, 0.15) is 5.75 Å². The second-order valence-electron chi connectivity index (χ2n) is 4.05. The zero-order chi connectivity index (χ0) is 9.31. The molecule has 70 valence electrons. The molecule has 13 heavy (non-hydrogen) atoms. The Morgan fingerprint density at radius 1 is 1.23 bits per heavy atom. The average Bonchev–Trinajstić information content (AvgIpc) is 2.90. The summed E-state index contributed by atoms with van der Waals surface area (Å²) in [4.78, 5) is 0. The number of phenolic OH excluding ortho intramolecular Hbond substituents is 1. The molecule has 0 bridgehead atoms. The van der Waals surface area contributed by atoms with Crippen molar-refractivity contribution in [3.8, 4) is 5.75 Å². The maximum Gasteiger partial charge on any atom is 0.115 e. The van der Waals surface area contributed by atoms with E-state index >= 15 is 0 Å². The van der Waals surface area contributed by atoms with Crippen LogP contribution < -0.4 is 5.73 Å². The van der Waals surface area contributed by atoms with E-state index in [1.54, 1.807) is 12.1 Å². The first kappa shape index (κ1) is 8.57. The first-order valence-electron chi connectivity index (χ1n) is 4.72. The van der Waals surface area contributed by atoms with E-state index in [1.807, 2.05) is 12.1 Å². The molecule has 0 saturated heterocycles. The van der Waals surface area contributed by atoms with Crippen LogP contribution in [0.1, 0.15) is 18.4 Å². The van der Waals surface area contributed by atoms with Gasteiger partial charge in [0.05, 0.1) is 0 Å². The summed E-state index contributed by atoms with van der Waals surface area (Å²) in [6.07, 6.45) is 3.57. The van der Waals surface area contributed by atoms with Gasteiger partial charge in [-0.05, 0) is 48.9 Å². The molecule has 2 nitrogen and oxygen atoms in total. The predicted molar refractivity (Wildman–Crippen MR) is 52.5 cm³/mol. The largest absolute Gasteiger partial charge is 0.508 e. The van der Waals surface area contributed by atoms with Crippen molar-refractivity contribution in [2.24, 2.45) is 11.1 Å². The summed E-state index contributed by atoms with van der Waals surface area (Å²) < 4.78 is 0. The van der Waals surface area contributed by atoms with Crippen molar-refractivity contribution in [2.45, 2.75) is 19.3 Å². The van der Waals surface area contributed by atoms with Crippen LogP contribution in [0.3, 0.4) is 0 Å². The summed E-state index contributed by atoms with van der Waals surface area (Å²) in [5.74, 6) is 0.335. The van der Waals surface area contributed by atoms with Crippen LogP contribution in [0, 0.1) is 5.41 Å². The van der Waals surface area contributed by atoms with Gasteiger partial charge in [-0.2, -0.15) is 0 Å². The number of hydrogen-bond acceptors (Lipinski definition) is 2. The zero-order valence-corrected chi connectivity index (χ0v) is 7.66. The minimum atomic E-state index is 0.335. The lowest BCUT2D eigenvalue weighted by molar-refractivity contribution is 0.474. The zero-order valence-electron chi connectivity index (χ0n) is 7.66. The maximum absolute atomic E-state index is 9.10. The van der Waals surface area contributed by atoms with Crippen molar-refractivity contribution in [1.82, 2.24) is 0 Å². The summed E-state index contributed by atoms with van der Waals surface area (Å²) >= 11 is 0. The Balaban J connectivity index is 2.06. The average molecular weight is 177 g/mol. The predicted octanol–water partition coefficient (Wildman–Crippen LogP) is 1.67. The fraction of sp³-hybridized carbons (Fsp3) is 0.455. The van der Waals surface area contributed by atoms with Crippen molar-refractivity contribution < 1.29 is 5.11 Å². The maximum atomic E-state index is 9.10. The van der Waals surface area contributed by atoms with Crippen LogP contribution >= 0.6 is 0 Å². The van der Waals surface area contributed by atoms with E-state index in [4.69, 9.17) is 10.8 Å². The third kappa shape index (κ3) is 1.83. The molecule has 0 heterocycles. The van der Waals surface area contributed by atoms with Gasteiger partial charge in [0.2, 0.25) is 0 Å². The summed E-state index contributed by atoms with van der Waals surface area (Å²) in [6, 6.07) is 7.43. The summed E-state index contributed by atoms with van der Waals surface area (Å²) in [6.45, 7) is 0.786. The molecule has 0 spiro atoms. The van der Waals surface area contributed by atoms with Crippen LogP contribution in [-0.4, -0.2) is 11.7 Å². The molecule has 1 saturated carbocycles. The molecule has 1 aromatic carbocycles. The summed E-state index contributed by atoms with van der Waals surface area (Å²) in [5, 5.41) is 9.10. The second kappa shape index (κ2) is 3.04. The van der Waals surface area contributed by atoms with Gasteiger partial charge in [-0.15, -0.1) is 0 Å². The molecule has 0 atom stereocenters. The van der Waals surface area contributed by atoms with Gasteiger partial charge in [-0.25, -0.2) is 0 Å². The number of rotatable bonds is 3. The Labute approximate surface area is 78.4 Å². The Kier molecular flexibility index (Phi) is 2.00. The minimum absolute atomic E-state index is 0.335. The normalized spacial score (nSPS) is 18.5. The highest BCUT2D eigenvalue weighted by Gasteiger charge is 2.40. The lowest BCUT2D eigenvalue weighted by atomic mass is 9.97. The van der Waals surface area contributed by atoms with Crippen LogP contribution in [0.5, 0.6) is 5.75 Å². The topological polar surface area (TPSA) is 46.2 Å². The third-order valence-corrected chi connectivity index (χ3v) is 2.91. The van der Waals surface area contributed by atoms with Gasteiger partial charge in [0.25, 0.3) is 0 Å². The van der Waals surface area contributed by atoms with Gasteiger partial charge in [0.15, 0.2) is 0 Å². The van der Waals surface area contributed by atoms with E-state index < -0.39 is 0 Å². The Hall–Kier alpha value is -1.02. The van der Waals surface area contributed by atoms with Gasteiger partial charge < -0.3 is 10.8 Å². The van der Waals surface area contributed by atoms with Crippen molar-refractivity contribution in [3.63, 3.8) is 0 Å². The molecule has 0 aliphatic heterocycles. The van der Waals surface area contributed by atoms with Crippen molar-refractivity contribution in [1.29, 1.82) is 0 Å². The molecule has 0 radical (unpaired) electrons. The van der Waals surface area contributed by atoms with Crippen LogP contribution in [0.4, 0.5) is 0 Å². The van der Waals surface area contributed by atoms with Gasteiger partial charge in [-0.1, -0.05) is 12.1 Å². The standard InChI is InChI=1S/C11H15NO/c12-8-11(5-6-11)7-9-1-3-10(13)4-2-9/h1-4,13H,5-8,12H2. The molecule has 3 N–H and O–H groups in total. The fourth-order valence-corrected chi connectivity index (χ4v) is 1.68. The number of aromatic hydroxyl groups is 1. The first-order valence-corrected chi connectivity index (χ1v) is 4.72. The molecular weight excluding hydrogens is 162 g/mol. The molecule has 2 heteroatoms. The van der Waals surface area contributed by atoms with Crippen LogP contribution in [0.25, 0.3) is 0 Å².